The molecule has 1 aromatic carbocycles. The highest BCUT2D eigenvalue weighted by molar-refractivity contribution is 14.1. The normalized spacial score (nSPS) is 15.9. The summed E-state index contributed by atoms with van der Waals surface area (Å²) >= 11 is 2.20. The fourth-order valence-corrected chi connectivity index (χ4v) is 6.41. The Labute approximate surface area is 298 Å². The van der Waals surface area contributed by atoms with Crippen LogP contribution in [-0.4, -0.2) is 38.7 Å². The van der Waals surface area contributed by atoms with Crippen molar-refractivity contribution in [2.75, 3.05) is 0 Å². The van der Waals surface area contributed by atoms with Gasteiger partial charge in [0.05, 0.1) is 0 Å². The summed E-state index contributed by atoms with van der Waals surface area (Å²) in [6.07, 6.45) is 17.4. The standard InChI is InChI=1S/C39H56INO5Si/c1-11-17-32-19-16-20-33(28-32)22-23-37(42)44-36(31(5)26-30(4)24-25-40)27-29(3)18-14-13-15-21-35(45-38(41)43)34(12-2)46-47(9,10)39(6,7)8/h11-14,16,18-20,22-26,28,31,34-36H,1-2,15,17,21,27H2,3-10H3,(H2,41,43)/b14-13+,23-22+,25-24+,29-18+,30-26+/t31-,34+,35+,36-/m1/s1. The summed E-state index contributed by atoms with van der Waals surface area (Å²) in [7, 11) is -2.14. The third-order valence-electron chi connectivity index (χ3n) is 8.21. The number of primary amides is 1. The molecule has 4 atom stereocenters. The van der Waals surface area contributed by atoms with Crippen molar-refractivity contribution in [3.05, 3.63) is 112 Å². The van der Waals surface area contributed by atoms with Gasteiger partial charge in [-0.1, -0.05) is 128 Å². The van der Waals surface area contributed by atoms with Gasteiger partial charge in [-0.3, -0.25) is 0 Å². The maximum Gasteiger partial charge on any atom is 0.404 e. The number of rotatable bonds is 19. The molecule has 1 aromatic rings. The first-order chi connectivity index (χ1) is 22.0. The second-order valence-corrected chi connectivity index (χ2v) is 18.9. The molecule has 8 heteroatoms. The van der Waals surface area contributed by atoms with Crippen LogP contribution in [0.3, 0.4) is 0 Å². The Kier molecular flexibility index (Phi) is 18.9. The third kappa shape index (κ3) is 16.6. The Bertz CT molecular complexity index is 1330. The maximum atomic E-state index is 12.9. The van der Waals surface area contributed by atoms with Crippen LogP contribution in [0, 0.1) is 5.92 Å². The third-order valence-corrected chi connectivity index (χ3v) is 13.0. The molecule has 0 aliphatic carbocycles. The maximum absolute atomic E-state index is 12.9. The van der Waals surface area contributed by atoms with Crippen molar-refractivity contribution in [3.8, 4) is 0 Å². The molecule has 0 aliphatic rings. The summed E-state index contributed by atoms with van der Waals surface area (Å²) in [5, 5.41) is -0.00809. The van der Waals surface area contributed by atoms with Gasteiger partial charge in [0.1, 0.15) is 18.3 Å². The Morgan fingerprint density at radius 2 is 1.79 bits per heavy atom. The average Bonchev–Trinajstić information content (AvgIpc) is 2.97. The number of nitrogens with two attached hydrogens (primary N) is 1. The van der Waals surface area contributed by atoms with Crippen LogP contribution in [-0.2, 0) is 25.1 Å². The van der Waals surface area contributed by atoms with Crippen molar-refractivity contribution >= 4 is 49.0 Å². The van der Waals surface area contributed by atoms with E-state index in [-0.39, 0.29) is 23.0 Å². The van der Waals surface area contributed by atoms with E-state index in [1.165, 1.54) is 6.08 Å². The molecule has 0 aromatic heterocycles. The molecule has 2 N–H and O–H groups in total. The number of carbonyl (C=O) groups is 2. The van der Waals surface area contributed by atoms with Crippen molar-refractivity contribution in [1.82, 2.24) is 0 Å². The van der Waals surface area contributed by atoms with Gasteiger partial charge in [0.25, 0.3) is 0 Å². The number of hydrogen-bond acceptors (Lipinski definition) is 5. The van der Waals surface area contributed by atoms with Crippen molar-refractivity contribution in [2.45, 2.75) is 104 Å². The highest BCUT2D eigenvalue weighted by atomic mass is 127. The van der Waals surface area contributed by atoms with Gasteiger partial charge in [0, 0.05) is 18.4 Å². The van der Waals surface area contributed by atoms with E-state index in [1.54, 1.807) is 12.2 Å². The largest absolute Gasteiger partial charge is 0.458 e. The molecule has 0 radical (unpaired) electrons. The highest BCUT2D eigenvalue weighted by Gasteiger charge is 2.40. The summed E-state index contributed by atoms with van der Waals surface area (Å²) in [6, 6.07) is 8.00. The zero-order valence-corrected chi connectivity index (χ0v) is 32.8. The van der Waals surface area contributed by atoms with Crippen LogP contribution in [0.5, 0.6) is 0 Å². The van der Waals surface area contributed by atoms with Crippen molar-refractivity contribution in [3.63, 3.8) is 0 Å². The molecule has 258 valence electrons. The second kappa shape index (κ2) is 21.1. The smallest absolute Gasteiger partial charge is 0.404 e. The minimum atomic E-state index is -2.14. The molecule has 1 amide bonds. The summed E-state index contributed by atoms with van der Waals surface area (Å²) in [6.45, 7) is 24.7. The predicted octanol–water partition coefficient (Wildman–Crippen LogP) is 10.6. The SMILES string of the molecule is C=CCc1cccc(/C=C/C(=O)O[C@H](C/C(C)=C/C=C/CC[C@H](OC(N)=O)[C@H](C=C)O[Si](C)(C)C(C)(C)C)[C@H](C)/C=C(C)/C=C/I)c1. The van der Waals surface area contributed by atoms with Gasteiger partial charge in [0.15, 0.2) is 8.32 Å². The molecule has 0 bridgehead atoms. The van der Waals surface area contributed by atoms with Crippen LogP contribution in [0.2, 0.25) is 18.1 Å². The van der Waals surface area contributed by atoms with E-state index in [2.05, 4.69) is 82.6 Å². The van der Waals surface area contributed by atoms with Gasteiger partial charge < -0.3 is 19.6 Å². The predicted molar refractivity (Wildman–Crippen MR) is 209 cm³/mol. The number of carbonyl (C=O) groups excluding carboxylic acids is 2. The topological polar surface area (TPSA) is 87.9 Å². The van der Waals surface area contributed by atoms with Gasteiger partial charge in [-0.15, -0.1) is 13.2 Å². The van der Waals surface area contributed by atoms with Crippen molar-refractivity contribution in [1.29, 1.82) is 0 Å². The number of ether oxygens (including phenoxy) is 2. The van der Waals surface area contributed by atoms with Crippen molar-refractivity contribution in [2.24, 2.45) is 11.7 Å². The first-order valence-electron chi connectivity index (χ1n) is 16.1. The second-order valence-electron chi connectivity index (χ2n) is 13.4. The summed E-state index contributed by atoms with van der Waals surface area (Å²) in [5.41, 5.74) is 9.65. The average molecular weight is 774 g/mol. The zero-order chi connectivity index (χ0) is 35.6. The molecule has 0 saturated carbocycles. The molecular formula is C39H56INO5Si. The lowest BCUT2D eigenvalue weighted by atomic mass is 9.95. The number of allylic oxidation sites excluding steroid dienone is 6. The van der Waals surface area contributed by atoms with Crippen LogP contribution >= 0.6 is 22.6 Å². The van der Waals surface area contributed by atoms with E-state index in [9.17, 15) is 9.59 Å². The van der Waals surface area contributed by atoms with E-state index >= 15 is 0 Å². The first kappa shape index (κ1) is 42.1. The van der Waals surface area contributed by atoms with Crippen LogP contribution in [0.4, 0.5) is 4.79 Å². The highest BCUT2D eigenvalue weighted by Crippen LogP contribution is 2.38. The first-order valence-corrected chi connectivity index (χ1v) is 20.3. The van der Waals surface area contributed by atoms with Gasteiger partial charge in [-0.05, 0) is 72.5 Å². The zero-order valence-electron chi connectivity index (χ0n) is 29.6. The van der Waals surface area contributed by atoms with Crippen LogP contribution in [0.1, 0.15) is 71.9 Å². The fourth-order valence-electron chi connectivity index (χ4n) is 4.56. The van der Waals surface area contributed by atoms with Crippen LogP contribution < -0.4 is 5.73 Å². The molecular weight excluding hydrogens is 717 g/mol. The quantitative estimate of drug-likeness (QED) is 0.0378. The number of benzene rings is 1. The van der Waals surface area contributed by atoms with Crippen LogP contribution in [0.15, 0.2) is 101 Å². The lowest BCUT2D eigenvalue weighted by Gasteiger charge is -2.40. The Morgan fingerprint density at radius 3 is 2.38 bits per heavy atom. The number of hydrogen-bond donors (Lipinski definition) is 1. The molecule has 0 spiro atoms. The molecule has 0 unspecified atom stereocenters. The number of amides is 1. The molecule has 0 saturated heterocycles. The van der Waals surface area contributed by atoms with Gasteiger partial charge in [-0.25, -0.2) is 9.59 Å². The lowest BCUT2D eigenvalue weighted by molar-refractivity contribution is -0.144. The monoisotopic (exact) mass is 773 g/mol. The Morgan fingerprint density at radius 1 is 1.09 bits per heavy atom. The summed E-state index contributed by atoms with van der Waals surface area (Å²) < 4.78 is 19.9. The number of halogens is 1. The van der Waals surface area contributed by atoms with E-state index in [1.807, 2.05) is 72.6 Å². The Hall–Kier alpha value is -2.95. The van der Waals surface area contributed by atoms with Gasteiger partial charge in [0.2, 0.25) is 0 Å². The molecule has 0 fully saturated rings. The van der Waals surface area contributed by atoms with E-state index in [4.69, 9.17) is 19.6 Å². The minimum absolute atomic E-state index is 0.00774. The molecule has 6 nitrogen and oxygen atoms in total. The molecule has 0 aliphatic heterocycles. The molecule has 1 rings (SSSR count). The van der Waals surface area contributed by atoms with E-state index in [0.29, 0.717) is 19.3 Å². The minimum Gasteiger partial charge on any atom is -0.458 e. The summed E-state index contributed by atoms with van der Waals surface area (Å²) in [4.78, 5) is 24.6. The van der Waals surface area contributed by atoms with Gasteiger partial charge >= 0.3 is 12.1 Å². The van der Waals surface area contributed by atoms with Gasteiger partial charge in [-0.2, -0.15) is 0 Å². The molecule has 0 heterocycles. The summed E-state index contributed by atoms with van der Waals surface area (Å²) in [5.74, 6) is -0.390. The van der Waals surface area contributed by atoms with E-state index < -0.39 is 26.6 Å². The lowest BCUT2D eigenvalue weighted by Crippen LogP contribution is -2.47. The number of esters is 1. The Balaban J connectivity index is 3.02. The van der Waals surface area contributed by atoms with Crippen molar-refractivity contribution < 1.29 is 23.5 Å². The fraction of sp³-hybridized carbons (Fsp3) is 0.436. The molecule has 47 heavy (non-hydrogen) atoms. The van der Waals surface area contributed by atoms with Crippen LogP contribution in [0.25, 0.3) is 6.08 Å². The van der Waals surface area contributed by atoms with E-state index in [0.717, 1.165) is 28.7 Å².